The molecule has 0 radical (unpaired) electrons. The van der Waals surface area contributed by atoms with Gasteiger partial charge in [0.15, 0.2) is 23.1 Å². The maximum atomic E-state index is 14.1. The molecule has 1 aromatic carbocycles. The Balaban J connectivity index is 1.89. The normalized spacial score (nSPS) is 10.8. The average molecular weight is 335 g/mol. The molecule has 8 nitrogen and oxygen atoms in total. The first-order chi connectivity index (χ1) is 11.4. The number of aromatic nitrogens is 5. The molecule has 124 valence electrons. The summed E-state index contributed by atoms with van der Waals surface area (Å²) in [5.41, 5.74) is -1.29. The number of hydrogen-bond acceptors (Lipinski definition) is 5. The molecule has 0 fully saturated rings. The Labute approximate surface area is 132 Å². The lowest BCUT2D eigenvalue weighted by Crippen LogP contribution is -2.31. The third-order valence-electron chi connectivity index (χ3n) is 3.07. The molecule has 0 aliphatic heterocycles. The summed E-state index contributed by atoms with van der Waals surface area (Å²) in [5, 5.41) is 7.43. The van der Waals surface area contributed by atoms with Crippen LogP contribution in [0.1, 0.15) is 5.56 Å². The minimum Gasteiger partial charge on any atom is -0.448 e. The molecular weight excluding hydrogens is 324 g/mol. The highest BCUT2D eigenvalue weighted by atomic mass is 19.1. The second-order valence-corrected chi connectivity index (χ2v) is 4.94. The highest BCUT2D eigenvalue weighted by Crippen LogP contribution is 2.28. The van der Waals surface area contributed by atoms with Gasteiger partial charge >= 0.3 is 5.69 Å². The summed E-state index contributed by atoms with van der Waals surface area (Å²) in [4.78, 5) is 24.5. The number of halogens is 2. The number of nitrogens with zero attached hydrogens (tertiary/aromatic N) is 4. The highest BCUT2D eigenvalue weighted by molar-refractivity contribution is 5.34. The van der Waals surface area contributed by atoms with Crippen molar-refractivity contribution in [3.63, 3.8) is 0 Å². The topological polar surface area (TPSA) is 94.8 Å². The number of nitrogens with one attached hydrogen (secondary N) is 1. The average Bonchev–Trinajstić information content (AvgIpc) is 2.91. The summed E-state index contributed by atoms with van der Waals surface area (Å²) in [7, 11) is 1.64. The zero-order valence-corrected chi connectivity index (χ0v) is 12.4. The molecule has 3 rings (SSSR count). The van der Waals surface area contributed by atoms with Crippen LogP contribution in [0, 0.1) is 11.6 Å². The molecule has 0 atom stereocenters. The lowest BCUT2D eigenvalue weighted by Gasteiger charge is -2.09. The summed E-state index contributed by atoms with van der Waals surface area (Å²) < 4.78 is 35.7. The van der Waals surface area contributed by atoms with Gasteiger partial charge in [0.05, 0.1) is 18.9 Å². The fourth-order valence-electron chi connectivity index (χ4n) is 2.03. The van der Waals surface area contributed by atoms with E-state index in [1.807, 2.05) is 4.98 Å². The van der Waals surface area contributed by atoms with Gasteiger partial charge < -0.3 is 4.74 Å². The van der Waals surface area contributed by atoms with Crippen LogP contribution in [0.3, 0.4) is 0 Å². The van der Waals surface area contributed by atoms with Crippen molar-refractivity contribution in [2.75, 3.05) is 0 Å². The maximum absolute atomic E-state index is 14.1. The van der Waals surface area contributed by atoms with Crippen LogP contribution in [0.2, 0.25) is 0 Å². The molecule has 24 heavy (non-hydrogen) atoms. The molecule has 0 bridgehead atoms. The van der Waals surface area contributed by atoms with E-state index in [1.54, 1.807) is 7.05 Å². The fraction of sp³-hybridized carbons (Fsp3) is 0.143. The lowest BCUT2D eigenvalue weighted by atomic mass is 10.2. The Morgan fingerprint density at radius 2 is 1.88 bits per heavy atom. The van der Waals surface area contributed by atoms with E-state index in [4.69, 9.17) is 4.74 Å². The number of aryl methyl sites for hydroxylation is 1. The smallest absolute Gasteiger partial charge is 0.345 e. The van der Waals surface area contributed by atoms with Gasteiger partial charge in [-0.05, 0) is 17.7 Å². The molecule has 0 unspecified atom stereocenters. The van der Waals surface area contributed by atoms with Crippen LogP contribution in [-0.2, 0) is 13.6 Å². The number of benzene rings is 1. The van der Waals surface area contributed by atoms with Crippen LogP contribution in [0.4, 0.5) is 8.78 Å². The van der Waals surface area contributed by atoms with Gasteiger partial charge in [-0.2, -0.15) is 10.2 Å². The van der Waals surface area contributed by atoms with Gasteiger partial charge in [0.1, 0.15) is 6.20 Å². The predicted octanol–water partition coefficient (Wildman–Crippen LogP) is 0.784. The second-order valence-electron chi connectivity index (χ2n) is 4.94. The maximum Gasteiger partial charge on any atom is 0.345 e. The largest absolute Gasteiger partial charge is 0.448 e. The monoisotopic (exact) mass is 335 g/mol. The van der Waals surface area contributed by atoms with E-state index in [0.717, 1.165) is 23.0 Å². The number of rotatable bonds is 4. The van der Waals surface area contributed by atoms with Crippen molar-refractivity contribution in [3.05, 3.63) is 68.8 Å². The third kappa shape index (κ3) is 3.21. The predicted molar refractivity (Wildman–Crippen MR) is 77.9 cm³/mol. The van der Waals surface area contributed by atoms with Crippen molar-refractivity contribution < 1.29 is 13.5 Å². The van der Waals surface area contributed by atoms with Crippen LogP contribution < -0.4 is 16.0 Å². The quantitative estimate of drug-likeness (QED) is 0.760. The molecule has 0 amide bonds. The Kier molecular flexibility index (Phi) is 3.94. The van der Waals surface area contributed by atoms with Crippen molar-refractivity contribution in [1.29, 1.82) is 0 Å². The van der Waals surface area contributed by atoms with E-state index in [-0.39, 0.29) is 17.9 Å². The zero-order valence-electron chi connectivity index (χ0n) is 12.4. The Morgan fingerprint density at radius 1 is 1.17 bits per heavy atom. The summed E-state index contributed by atoms with van der Waals surface area (Å²) in [5.74, 6) is -2.27. The van der Waals surface area contributed by atoms with Gasteiger partial charge in [-0.15, -0.1) is 0 Å². The summed E-state index contributed by atoms with van der Waals surface area (Å²) >= 11 is 0. The lowest BCUT2D eigenvalue weighted by molar-refractivity contribution is 0.405. The van der Waals surface area contributed by atoms with Crippen LogP contribution in [0.5, 0.6) is 11.5 Å². The minimum absolute atomic E-state index is 0.144. The van der Waals surface area contributed by atoms with Crippen molar-refractivity contribution in [2.24, 2.45) is 7.05 Å². The number of hydrogen-bond donors (Lipinski definition) is 1. The van der Waals surface area contributed by atoms with Gasteiger partial charge in [0, 0.05) is 7.05 Å². The molecule has 2 heterocycles. The van der Waals surface area contributed by atoms with Crippen LogP contribution in [0.15, 0.2) is 40.3 Å². The van der Waals surface area contributed by atoms with E-state index < -0.39 is 28.6 Å². The van der Waals surface area contributed by atoms with E-state index in [2.05, 4.69) is 10.2 Å². The molecule has 3 aromatic rings. The van der Waals surface area contributed by atoms with Gasteiger partial charge in [0.2, 0.25) is 0 Å². The minimum atomic E-state index is -0.939. The van der Waals surface area contributed by atoms with Crippen LogP contribution >= 0.6 is 0 Å². The number of ether oxygens (including phenoxy) is 1. The first-order valence-electron chi connectivity index (χ1n) is 6.73. The molecule has 10 heteroatoms. The van der Waals surface area contributed by atoms with Gasteiger partial charge in [-0.3, -0.25) is 14.5 Å². The second kappa shape index (κ2) is 6.07. The summed E-state index contributed by atoms with van der Waals surface area (Å²) in [6, 6.07) is 2.04. The van der Waals surface area contributed by atoms with Gasteiger partial charge in [0.25, 0.3) is 5.56 Å². The number of aromatic amines is 1. The first-order valence-corrected chi connectivity index (χ1v) is 6.73. The van der Waals surface area contributed by atoms with Crippen molar-refractivity contribution in [2.45, 2.75) is 6.54 Å². The van der Waals surface area contributed by atoms with E-state index in [1.165, 1.54) is 17.1 Å². The molecule has 0 saturated heterocycles. The first kappa shape index (κ1) is 15.6. The molecule has 0 aliphatic carbocycles. The number of H-pyrrole nitrogens is 1. The molecular formula is C14H11F2N5O3. The molecule has 1 N–H and O–H groups in total. The third-order valence-corrected chi connectivity index (χ3v) is 3.07. The van der Waals surface area contributed by atoms with E-state index in [9.17, 15) is 18.4 Å². The van der Waals surface area contributed by atoms with Gasteiger partial charge in [-0.25, -0.2) is 18.3 Å². The van der Waals surface area contributed by atoms with Crippen molar-refractivity contribution in [1.82, 2.24) is 24.5 Å². The van der Waals surface area contributed by atoms with Gasteiger partial charge in [-0.1, -0.05) is 0 Å². The van der Waals surface area contributed by atoms with Crippen molar-refractivity contribution in [3.8, 4) is 11.5 Å². The summed E-state index contributed by atoms with van der Waals surface area (Å²) in [6.07, 6.45) is 3.67. The van der Waals surface area contributed by atoms with E-state index in [0.29, 0.717) is 0 Å². The Hall–Kier alpha value is -3.30. The standard InChI is InChI=1S/C14H11F2N5O3/c1-20-7-9(4-17-20)24-13-10(15)2-8(3-11(13)16)6-21-14(23)19-12(22)5-18-21/h2-5,7H,6H2,1H3,(H,19,22,23). The SMILES string of the molecule is Cn1cc(Oc2c(F)cc(Cn3ncc(=O)[nH]c3=O)cc2F)cn1. The van der Waals surface area contributed by atoms with E-state index >= 15 is 0 Å². The highest BCUT2D eigenvalue weighted by Gasteiger charge is 2.15. The van der Waals surface area contributed by atoms with Crippen LogP contribution in [-0.4, -0.2) is 24.5 Å². The van der Waals surface area contributed by atoms with Crippen LogP contribution in [0.25, 0.3) is 0 Å². The molecule has 0 aliphatic rings. The molecule has 2 aromatic heterocycles. The Morgan fingerprint density at radius 3 is 2.46 bits per heavy atom. The molecule has 0 spiro atoms. The van der Waals surface area contributed by atoms with Crippen molar-refractivity contribution >= 4 is 0 Å². The summed E-state index contributed by atoms with van der Waals surface area (Å²) in [6.45, 7) is -0.212. The fourth-order valence-corrected chi connectivity index (χ4v) is 2.03. The Bertz CT molecular complexity index is 985. The zero-order chi connectivity index (χ0) is 17.3. The molecule has 0 saturated carbocycles.